The Morgan fingerprint density at radius 1 is 1.13 bits per heavy atom. The average molecular weight is 443 g/mol. The summed E-state index contributed by atoms with van der Waals surface area (Å²) in [6, 6.07) is 17.9. The molecule has 8 heteroatoms. The van der Waals surface area contributed by atoms with Crippen LogP contribution in [0.2, 0.25) is 0 Å². The quantitative estimate of drug-likeness (QED) is 0.602. The van der Waals surface area contributed by atoms with Gasteiger partial charge in [-0.25, -0.2) is 8.42 Å². The molecule has 1 aliphatic heterocycles. The first-order valence-corrected chi connectivity index (χ1v) is 11.9. The highest BCUT2D eigenvalue weighted by molar-refractivity contribution is 7.89. The van der Waals surface area contributed by atoms with Crippen molar-refractivity contribution in [3.05, 3.63) is 76.5 Å². The lowest BCUT2D eigenvalue weighted by molar-refractivity contribution is -0.118. The van der Waals surface area contributed by atoms with Gasteiger partial charge in [-0.2, -0.15) is 4.31 Å². The van der Waals surface area contributed by atoms with Crippen LogP contribution < -0.4 is 10.1 Å². The van der Waals surface area contributed by atoms with E-state index in [-0.39, 0.29) is 30.0 Å². The number of benzene rings is 2. The minimum Gasteiger partial charge on any atom is -0.482 e. The van der Waals surface area contributed by atoms with Crippen LogP contribution in [0.15, 0.2) is 70.9 Å². The number of hydrogen-bond acceptors (Lipinski definition) is 5. The number of nitrogens with one attached hydrogen (secondary N) is 1. The molecule has 0 saturated carbocycles. The summed E-state index contributed by atoms with van der Waals surface area (Å²) in [5.74, 6) is 0.166. The van der Waals surface area contributed by atoms with Gasteiger partial charge in [0.05, 0.1) is 10.6 Å². The summed E-state index contributed by atoms with van der Waals surface area (Å²) in [6.45, 7) is 2.11. The van der Waals surface area contributed by atoms with Crippen LogP contribution in [0.4, 0.5) is 5.69 Å². The minimum atomic E-state index is -3.82. The molecular weight excluding hydrogens is 420 g/mol. The topological polar surface area (TPSA) is 75.7 Å². The molecule has 0 spiro atoms. The van der Waals surface area contributed by atoms with Crippen molar-refractivity contribution in [3.63, 3.8) is 0 Å². The van der Waals surface area contributed by atoms with Crippen molar-refractivity contribution in [3.8, 4) is 5.75 Å². The minimum absolute atomic E-state index is 0.0723. The summed E-state index contributed by atoms with van der Waals surface area (Å²) >= 11 is 1.61. The summed E-state index contributed by atoms with van der Waals surface area (Å²) in [4.78, 5) is 12.9. The molecule has 0 aliphatic carbocycles. The summed E-state index contributed by atoms with van der Waals surface area (Å²) in [7, 11) is -3.82. The predicted octanol–water partition coefficient (Wildman–Crippen LogP) is 3.90. The first kappa shape index (κ1) is 20.6. The number of carbonyl (C=O) groups is 1. The molecule has 0 fully saturated rings. The van der Waals surface area contributed by atoms with Gasteiger partial charge in [-0.1, -0.05) is 36.4 Å². The van der Waals surface area contributed by atoms with E-state index in [0.29, 0.717) is 17.9 Å². The highest BCUT2D eigenvalue weighted by Crippen LogP contribution is 2.32. The Morgan fingerprint density at radius 2 is 1.93 bits per heavy atom. The smallest absolute Gasteiger partial charge is 0.262 e. The van der Waals surface area contributed by atoms with Gasteiger partial charge in [-0.15, -0.1) is 11.3 Å². The van der Waals surface area contributed by atoms with Crippen LogP contribution in [0.1, 0.15) is 17.4 Å². The normalized spacial score (nSPS) is 14.7. The molecule has 30 heavy (non-hydrogen) atoms. The standard InChI is InChI=1S/C22H22N2O4S2/c1-16(12-18-8-5-11-29-18)24(14-17-6-3-2-4-7-17)30(26,27)19-9-10-21-20(13-19)23-22(25)15-28-21/h2-11,13,16H,12,14-15H2,1H3,(H,23,25). The molecule has 1 aliphatic rings. The monoisotopic (exact) mass is 442 g/mol. The van der Waals surface area contributed by atoms with Crippen molar-refractivity contribution in [1.82, 2.24) is 4.31 Å². The number of thiophene rings is 1. The Hall–Kier alpha value is -2.68. The lowest BCUT2D eigenvalue weighted by Gasteiger charge is -2.29. The number of hydrogen-bond donors (Lipinski definition) is 1. The lowest BCUT2D eigenvalue weighted by atomic mass is 10.1. The molecule has 0 radical (unpaired) electrons. The fraction of sp³-hybridized carbons (Fsp3) is 0.227. The van der Waals surface area contributed by atoms with Crippen molar-refractivity contribution in [2.75, 3.05) is 11.9 Å². The molecular formula is C22H22N2O4S2. The molecule has 2 aromatic carbocycles. The maximum atomic E-state index is 13.6. The van der Waals surface area contributed by atoms with Crippen molar-refractivity contribution < 1.29 is 17.9 Å². The van der Waals surface area contributed by atoms with Crippen molar-refractivity contribution in [1.29, 1.82) is 0 Å². The highest BCUT2D eigenvalue weighted by atomic mass is 32.2. The molecule has 1 unspecified atom stereocenters. The third kappa shape index (κ3) is 4.40. The van der Waals surface area contributed by atoms with E-state index >= 15 is 0 Å². The Kier molecular flexibility index (Phi) is 5.90. The molecule has 1 N–H and O–H groups in total. The Bertz CT molecular complexity index is 1130. The van der Waals surface area contributed by atoms with E-state index in [1.807, 2.05) is 54.8 Å². The molecule has 1 atom stereocenters. The predicted molar refractivity (Wildman–Crippen MR) is 117 cm³/mol. The van der Waals surface area contributed by atoms with Crippen LogP contribution in [0.3, 0.4) is 0 Å². The Labute approximate surface area is 180 Å². The Balaban J connectivity index is 1.69. The summed E-state index contributed by atoms with van der Waals surface area (Å²) in [5, 5.41) is 4.67. The second-order valence-electron chi connectivity index (χ2n) is 7.16. The maximum absolute atomic E-state index is 13.6. The zero-order valence-corrected chi connectivity index (χ0v) is 18.1. The highest BCUT2D eigenvalue weighted by Gasteiger charge is 2.31. The van der Waals surface area contributed by atoms with Crippen molar-refractivity contribution in [2.45, 2.75) is 30.8 Å². The van der Waals surface area contributed by atoms with E-state index in [0.717, 1.165) is 10.4 Å². The van der Waals surface area contributed by atoms with E-state index in [9.17, 15) is 13.2 Å². The molecule has 156 valence electrons. The molecule has 0 bridgehead atoms. The van der Waals surface area contributed by atoms with Crippen LogP contribution >= 0.6 is 11.3 Å². The molecule has 1 aromatic heterocycles. The molecule has 3 aromatic rings. The SMILES string of the molecule is CC(Cc1cccs1)N(Cc1ccccc1)S(=O)(=O)c1ccc2c(c1)NC(=O)CO2. The summed E-state index contributed by atoms with van der Waals surface area (Å²) in [5.41, 5.74) is 1.28. The van der Waals surface area contributed by atoms with E-state index in [4.69, 9.17) is 4.74 Å². The molecule has 1 amide bonds. The van der Waals surface area contributed by atoms with Gasteiger partial charge in [-0.05, 0) is 48.6 Å². The Morgan fingerprint density at radius 3 is 2.67 bits per heavy atom. The van der Waals surface area contributed by atoms with Crippen molar-refractivity contribution >= 4 is 33.0 Å². The summed E-state index contributed by atoms with van der Waals surface area (Å²) < 4.78 is 34.2. The molecule has 2 heterocycles. The number of carbonyl (C=O) groups excluding carboxylic acids is 1. The van der Waals surface area contributed by atoms with E-state index in [1.54, 1.807) is 17.4 Å². The van der Waals surface area contributed by atoms with Crippen LogP contribution in [0, 0.1) is 0 Å². The third-order valence-corrected chi connectivity index (χ3v) is 7.79. The van der Waals surface area contributed by atoms with Gasteiger partial charge in [0.2, 0.25) is 10.0 Å². The van der Waals surface area contributed by atoms with Gasteiger partial charge in [0, 0.05) is 17.5 Å². The first-order valence-electron chi connectivity index (χ1n) is 9.58. The average Bonchev–Trinajstić information content (AvgIpc) is 3.25. The van der Waals surface area contributed by atoms with Crippen LogP contribution in [-0.4, -0.2) is 31.3 Å². The molecule has 0 saturated heterocycles. The van der Waals surface area contributed by atoms with Gasteiger partial charge >= 0.3 is 0 Å². The number of fused-ring (bicyclic) bond motifs is 1. The van der Waals surface area contributed by atoms with E-state index in [2.05, 4.69) is 5.32 Å². The van der Waals surface area contributed by atoms with Gasteiger partial charge in [-0.3, -0.25) is 4.79 Å². The zero-order chi connectivity index (χ0) is 21.1. The number of amides is 1. The second kappa shape index (κ2) is 8.59. The van der Waals surface area contributed by atoms with Gasteiger partial charge in [0.1, 0.15) is 5.75 Å². The van der Waals surface area contributed by atoms with E-state index in [1.165, 1.54) is 16.4 Å². The number of nitrogens with zero attached hydrogens (tertiary/aromatic N) is 1. The number of ether oxygens (including phenoxy) is 1. The van der Waals surface area contributed by atoms with Gasteiger partial charge in [0.25, 0.3) is 5.91 Å². The molecule has 6 nitrogen and oxygen atoms in total. The van der Waals surface area contributed by atoms with Crippen LogP contribution in [0.5, 0.6) is 5.75 Å². The van der Waals surface area contributed by atoms with Crippen LogP contribution in [-0.2, 0) is 27.8 Å². The first-order chi connectivity index (χ1) is 14.4. The fourth-order valence-electron chi connectivity index (χ4n) is 3.42. The van der Waals surface area contributed by atoms with Gasteiger partial charge < -0.3 is 10.1 Å². The second-order valence-corrected chi connectivity index (χ2v) is 10.1. The van der Waals surface area contributed by atoms with Crippen LogP contribution in [0.25, 0.3) is 0 Å². The zero-order valence-electron chi connectivity index (χ0n) is 16.4. The van der Waals surface area contributed by atoms with Crippen molar-refractivity contribution in [2.24, 2.45) is 0 Å². The maximum Gasteiger partial charge on any atom is 0.262 e. The summed E-state index contributed by atoms with van der Waals surface area (Å²) in [6.07, 6.45) is 0.620. The van der Waals surface area contributed by atoms with Gasteiger partial charge in [0.15, 0.2) is 6.61 Å². The largest absolute Gasteiger partial charge is 0.482 e. The lowest BCUT2D eigenvalue weighted by Crippen LogP contribution is -2.39. The number of rotatable bonds is 7. The molecule has 4 rings (SSSR count). The van der Waals surface area contributed by atoms with E-state index < -0.39 is 10.0 Å². The number of sulfonamides is 1. The fourth-order valence-corrected chi connectivity index (χ4v) is 5.89. The third-order valence-electron chi connectivity index (χ3n) is 4.94. The number of anilines is 1.